The molecule has 0 aliphatic carbocycles. The monoisotopic (exact) mass is 1130 g/mol. The lowest BCUT2D eigenvalue weighted by atomic mass is 10.0. The van der Waals surface area contributed by atoms with Crippen LogP contribution in [0.4, 0.5) is 0 Å². The van der Waals surface area contributed by atoms with Crippen molar-refractivity contribution in [2.24, 2.45) is 0 Å². The van der Waals surface area contributed by atoms with Crippen LogP contribution in [0.3, 0.4) is 0 Å². The number of hydrogen-bond acceptors (Lipinski definition) is 6. The molecule has 0 heterocycles. The van der Waals surface area contributed by atoms with E-state index < -0.39 is 6.10 Å². The van der Waals surface area contributed by atoms with E-state index in [0.29, 0.717) is 19.3 Å². The molecule has 6 heteroatoms. The number of carbonyl (C=O) groups excluding carboxylic acids is 3. The minimum Gasteiger partial charge on any atom is -0.462 e. The highest BCUT2D eigenvalue weighted by Gasteiger charge is 2.19. The van der Waals surface area contributed by atoms with E-state index in [1.807, 2.05) is 6.08 Å². The lowest BCUT2D eigenvalue weighted by Crippen LogP contribution is -2.30. The van der Waals surface area contributed by atoms with E-state index in [2.05, 4.69) is 112 Å². The third kappa shape index (κ3) is 67.0. The molecule has 0 N–H and O–H groups in total. The molecule has 466 valence electrons. The van der Waals surface area contributed by atoms with Crippen LogP contribution in [0, 0.1) is 0 Å². The van der Waals surface area contributed by atoms with Crippen molar-refractivity contribution in [2.75, 3.05) is 13.2 Å². The number of allylic oxidation sites excluding steroid dienone is 16. The van der Waals surface area contributed by atoms with Gasteiger partial charge in [0.1, 0.15) is 13.2 Å². The van der Waals surface area contributed by atoms with E-state index in [0.717, 1.165) is 96.3 Å². The van der Waals surface area contributed by atoms with E-state index >= 15 is 0 Å². The van der Waals surface area contributed by atoms with Gasteiger partial charge in [-0.2, -0.15) is 0 Å². The lowest BCUT2D eigenvalue weighted by Gasteiger charge is -2.18. The highest BCUT2D eigenvalue weighted by atomic mass is 16.6. The van der Waals surface area contributed by atoms with Crippen molar-refractivity contribution in [1.29, 1.82) is 0 Å². The molecule has 0 saturated heterocycles. The van der Waals surface area contributed by atoms with Gasteiger partial charge in [0.2, 0.25) is 0 Å². The molecule has 0 aliphatic rings. The first-order valence-corrected chi connectivity index (χ1v) is 34.7. The summed E-state index contributed by atoms with van der Waals surface area (Å²) in [6.45, 7) is 6.44. The number of carbonyl (C=O) groups is 3. The Bertz CT molecular complexity index is 1580. The zero-order chi connectivity index (χ0) is 58.5. The molecule has 0 spiro atoms. The third-order valence-corrected chi connectivity index (χ3v) is 15.1. The molecule has 0 aromatic heterocycles. The molecule has 0 aromatic carbocycles. The summed E-state index contributed by atoms with van der Waals surface area (Å²) in [4.78, 5) is 38.2. The van der Waals surface area contributed by atoms with E-state index in [1.54, 1.807) is 0 Å². The van der Waals surface area contributed by atoms with Crippen molar-refractivity contribution in [3.63, 3.8) is 0 Å². The van der Waals surface area contributed by atoms with Crippen LogP contribution in [-0.2, 0) is 28.6 Å². The SMILES string of the molecule is CC/C=C\C/C=C\C/C=C\C/C=C\CCC(=O)OCC(COC(=O)CCCCCCCCCCCCCCCCCCCCCCCCC/C=C\C/C=C\CCCCCCC)OC(=O)CCCCCCC/C=C\C/C=C\CCCCC. The maximum atomic E-state index is 12.9. The van der Waals surface area contributed by atoms with Crippen molar-refractivity contribution < 1.29 is 28.6 Å². The van der Waals surface area contributed by atoms with Crippen LogP contribution in [-0.4, -0.2) is 37.2 Å². The Morgan fingerprint density at radius 2 is 0.506 bits per heavy atom. The van der Waals surface area contributed by atoms with Crippen molar-refractivity contribution in [1.82, 2.24) is 0 Å². The minimum atomic E-state index is -0.813. The fraction of sp³-hybridized carbons (Fsp3) is 0.747. The Balaban J connectivity index is 4.12. The van der Waals surface area contributed by atoms with E-state index in [1.165, 1.54) is 199 Å². The molecule has 0 aliphatic heterocycles. The Morgan fingerprint density at radius 1 is 0.259 bits per heavy atom. The second kappa shape index (κ2) is 68.8. The third-order valence-electron chi connectivity index (χ3n) is 15.1. The first kappa shape index (κ1) is 77.3. The summed E-state index contributed by atoms with van der Waals surface area (Å²) >= 11 is 0. The fourth-order valence-corrected chi connectivity index (χ4v) is 9.87. The van der Waals surface area contributed by atoms with E-state index in [9.17, 15) is 14.4 Å². The molecule has 1 atom stereocenters. The fourth-order valence-electron chi connectivity index (χ4n) is 9.87. The minimum absolute atomic E-state index is 0.103. The molecule has 0 saturated carbocycles. The number of ether oxygens (including phenoxy) is 3. The van der Waals surface area contributed by atoms with Crippen LogP contribution in [0.1, 0.15) is 342 Å². The molecule has 81 heavy (non-hydrogen) atoms. The number of hydrogen-bond donors (Lipinski definition) is 0. The first-order valence-electron chi connectivity index (χ1n) is 34.7. The zero-order valence-electron chi connectivity index (χ0n) is 53.5. The van der Waals surface area contributed by atoms with E-state index in [-0.39, 0.29) is 37.5 Å². The molecule has 6 nitrogen and oxygen atoms in total. The Hall–Kier alpha value is -3.67. The normalized spacial score (nSPS) is 12.7. The van der Waals surface area contributed by atoms with Gasteiger partial charge in [-0.1, -0.05) is 311 Å². The quantitative estimate of drug-likeness (QED) is 0.0261. The van der Waals surface area contributed by atoms with Crippen molar-refractivity contribution >= 4 is 17.9 Å². The van der Waals surface area contributed by atoms with Gasteiger partial charge in [-0.25, -0.2) is 0 Å². The van der Waals surface area contributed by atoms with Crippen LogP contribution < -0.4 is 0 Å². The molecule has 0 bridgehead atoms. The van der Waals surface area contributed by atoms with Crippen molar-refractivity contribution in [2.45, 2.75) is 348 Å². The Kier molecular flexibility index (Phi) is 65.7. The predicted molar refractivity (Wildman–Crippen MR) is 353 cm³/mol. The summed E-state index contributed by atoms with van der Waals surface area (Å²) in [6, 6.07) is 0. The smallest absolute Gasteiger partial charge is 0.306 e. The van der Waals surface area contributed by atoms with Gasteiger partial charge in [0, 0.05) is 19.3 Å². The molecule has 0 radical (unpaired) electrons. The number of unbranched alkanes of at least 4 members (excludes halogenated alkanes) is 36. The van der Waals surface area contributed by atoms with Gasteiger partial charge in [-0.05, 0) is 109 Å². The van der Waals surface area contributed by atoms with Gasteiger partial charge in [0.05, 0.1) is 0 Å². The zero-order valence-corrected chi connectivity index (χ0v) is 53.5. The molecule has 1 unspecified atom stereocenters. The lowest BCUT2D eigenvalue weighted by molar-refractivity contribution is -0.166. The van der Waals surface area contributed by atoms with Crippen LogP contribution in [0.15, 0.2) is 97.2 Å². The van der Waals surface area contributed by atoms with E-state index in [4.69, 9.17) is 14.2 Å². The summed E-state index contributed by atoms with van der Waals surface area (Å²) in [5, 5.41) is 0. The second-order valence-corrected chi connectivity index (χ2v) is 23.1. The molecular weight excluding hydrogens is 997 g/mol. The van der Waals surface area contributed by atoms with Crippen LogP contribution in [0.2, 0.25) is 0 Å². The Labute approximate surface area is 502 Å². The second-order valence-electron chi connectivity index (χ2n) is 23.1. The summed E-state index contributed by atoms with van der Waals surface area (Å²) < 4.78 is 16.8. The topological polar surface area (TPSA) is 78.9 Å². The van der Waals surface area contributed by atoms with Gasteiger partial charge in [0.15, 0.2) is 6.10 Å². The van der Waals surface area contributed by atoms with Gasteiger partial charge in [0.25, 0.3) is 0 Å². The van der Waals surface area contributed by atoms with Crippen molar-refractivity contribution in [3.8, 4) is 0 Å². The summed E-state index contributed by atoms with van der Waals surface area (Å²) in [6.07, 6.45) is 93.3. The average molecular weight is 1130 g/mol. The maximum absolute atomic E-state index is 12.9. The molecular formula is C75H130O6. The molecule has 0 aromatic rings. The predicted octanol–water partition coefficient (Wildman–Crippen LogP) is 24.0. The molecule has 0 fully saturated rings. The Morgan fingerprint density at radius 3 is 0.852 bits per heavy atom. The number of esters is 3. The number of rotatable bonds is 63. The average Bonchev–Trinajstić information content (AvgIpc) is 3.46. The van der Waals surface area contributed by atoms with Crippen molar-refractivity contribution in [3.05, 3.63) is 97.2 Å². The highest BCUT2D eigenvalue weighted by molar-refractivity contribution is 5.71. The van der Waals surface area contributed by atoms with Crippen LogP contribution in [0.5, 0.6) is 0 Å². The maximum Gasteiger partial charge on any atom is 0.306 e. The largest absolute Gasteiger partial charge is 0.462 e. The standard InChI is InChI=1S/C75H130O6/c1-4-7-10-13-16-19-22-25-27-28-29-30-31-32-33-34-35-36-37-38-39-40-41-42-43-44-45-46-48-50-53-56-59-62-65-68-74(77)80-71-72(70-79-73(76)67-64-61-58-55-52-49-24-21-18-15-12-9-6-3)81-75(78)69-66-63-60-57-54-51-47-26-23-20-17-14-11-8-5-2/h9,12,17-18,20-22,25-26,28-29,47,49,52,58,61,72H,4-8,10-11,13-16,19,23-24,27,30-46,48,50-51,53-57,59-60,62-71H2,1-3H3/b12-9-,20-17-,21-18-,25-22-,29-28-,47-26-,52-49-,61-58-. The van der Waals surface area contributed by atoms with Gasteiger partial charge in [-0.3, -0.25) is 14.4 Å². The van der Waals surface area contributed by atoms with Crippen LogP contribution in [0.25, 0.3) is 0 Å². The summed E-state index contributed by atoms with van der Waals surface area (Å²) in [7, 11) is 0. The molecule has 0 rings (SSSR count). The van der Waals surface area contributed by atoms with Crippen LogP contribution >= 0.6 is 0 Å². The van der Waals surface area contributed by atoms with Gasteiger partial charge < -0.3 is 14.2 Å². The summed E-state index contributed by atoms with van der Waals surface area (Å²) in [5.41, 5.74) is 0. The van der Waals surface area contributed by atoms with Gasteiger partial charge in [-0.15, -0.1) is 0 Å². The molecule has 0 amide bonds. The summed E-state index contributed by atoms with van der Waals surface area (Å²) in [5.74, 6) is -0.991. The van der Waals surface area contributed by atoms with Gasteiger partial charge >= 0.3 is 17.9 Å². The first-order chi connectivity index (χ1) is 40.0. The highest BCUT2D eigenvalue weighted by Crippen LogP contribution is 2.17.